The average molecular weight is 533 g/mol. The molecule has 3 aliphatic rings. The summed E-state index contributed by atoms with van der Waals surface area (Å²) in [5.41, 5.74) is 0. The maximum atomic E-state index is 7.28. The zero-order valence-corrected chi connectivity index (χ0v) is 25.4. The molecule has 5 rings (SSSR count). The van der Waals surface area contributed by atoms with Crippen LogP contribution >= 0.6 is 0 Å². The Morgan fingerprint density at radius 3 is 2.08 bits per heavy atom. The van der Waals surface area contributed by atoms with Crippen LogP contribution in [0.1, 0.15) is 92.4 Å². The quantitative estimate of drug-likeness (QED) is 0.239. The zero-order chi connectivity index (χ0) is 26.8. The third-order valence-corrected chi connectivity index (χ3v) is 14.4. The summed E-state index contributed by atoms with van der Waals surface area (Å²) in [7, 11) is -2.46. The maximum absolute atomic E-state index is 7.28. The van der Waals surface area contributed by atoms with Crippen molar-refractivity contribution in [3.05, 3.63) is 60.7 Å². The molecule has 0 aromatic heterocycles. The van der Waals surface area contributed by atoms with E-state index in [4.69, 9.17) is 4.43 Å². The van der Waals surface area contributed by atoms with Gasteiger partial charge in [0.25, 0.3) is 8.32 Å². The first kappa shape index (κ1) is 27.5. The van der Waals surface area contributed by atoms with Crippen molar-refractivity contribution in [1.29, 1.82) is 0 Å². The highest BCUT2D eigenvalue weighted by Crippen LogP contribution is 2.38. The van der Waals surface area contributed by atoms with E-state index in [1.807, 2.05) is 0 Å². The third-order valence-electron chi connectivity index (χ3n) is 9.24. The maximum Gasteiger partial charge on any atom is 0.346 e. The van der Waals surface area contributed by atoms with Crippen molar-refractivity contribution in [2.24, 2.45) is 0 Å². The number of hydrogen-bond donors (Lipinski definition) is 2. The van der Waals surface area contributed by atoms with E-state index < -0.39 is 8.32 Å². The van der Waals surface area contributed by atoms with Gasteiger partial charge in [0.1, 0.15) is 0 Å². The molecule has 0 spiro atoms. The minimum Gasteiger partial charge on any atom is -0.405 e. The standard InChI is InChI=1S/C33H49N3OSi/c1-25-23-28-21-22-29-24-27(35-32(34-25)36(28)29)16-10-6-9-15-26(2)37-38(33(3,4)5,30-17-11-7-12-18-30)31-19-13-8-14-20-31/h7-8,11-14,17-20,25-29H,6,9-10,15-16,21-24H2,1-5H3,(H,34,35)/p+1/t25-,26?,27+,28+,29-/m1/s1. The molecule has 3 heterocycles. The van der Waals surface area contributed by atoms with Crippen molar-refractivity contribution >= 4 is 24.7 Å². The zero-order valence-electron chi connectivity index (χ0n) is 24.4. The van der Waals surface area contributed by atoms with Crippen LogP contribution in [-0.4, -0.2) is 49.1 Å². The van der Waals surface area contributed by atoms with E-state index >= 15 is 0 Å². The molecular formula is C33H50N3OSi+. The van der Waals surface area contributed by atoms with Gasteiger partial charge < -0.3 is 4.43 Å². The van der Waals surface area contributed by atoms with Crippen LogP contribution in [0, 0.1) is 0 Å². The molecule has 206 valence electrons. The molecule has 1 saturated heterocycles. The summed E-state index contributed by atoms with van der Waals surface area (Å²) >= 11 is 0. The molecule has 2 aromatic carbocycles. The largest absolute Gasteiger partial charge is 0.405 e. The lowest BCUT2D eigenvalue weighted by molar-refractivity contribution is -0.593. The lowest BCUT2D eigenvalue weighted by atomic mass is 9.97. The Bertz CT molecular complexity index is 1040. The molecule has 0 aliphatic carbocycles. The summed E-state index contributed by atoms with van der Waals surface area (Å²) in [6, 6.07) is 24.8. The SMILES string of the molecule is CC(CCCCC[C@H]1C[C@H]2CC[C@H]3C[C@@H](C)NC(=[N+]23)N1)O[Si](c1ccccc1)(c1ccccc1)C(C)(C)C. The lowest BCUT2D eigenvalue weighted by Crippen LogP contribution is -2.67. The van der Waals surface area contributed by atoms with E-state index in [9.17, 15) is 0 Å². The van der Waals surface area contributed by atoms with Gasteiger partial charge in [-0.15, -0.1) is 0 Å². The van der Waals surface area contributed by atoms with E-state index in [2.05, 4.69) is 110 Å². The van der Waals surface area contributed by atoms with Gasteiger partial charge in [0.2, 0.25) is 0 Å². The first-order chi connectivity index (χ1) is 18.3. The van der Waals surface area contributed by atoms with Crippen LogP contribution in [0.3, 0.4) is 0 Å². The number of nitrogens with zero attached hydrogens (tertiary/aromatic N) is 1. The molecule has 5 heteroatoms. The molecule has 0 radical (unpaired) electrons. The summed E-state index contributed by atoms with van der Waals surface area (Å²) in [5.74, 6) is 1.33. The molecule has 0 saturated carbocycles. The molecule has 1 fully saturated rings. The second-order valence-electron chi connectivity index (χ2n) is 13.2. The second-order valence-corrected chi connectivity index (χ2v) is 17.5. The average Bonchev–Trinajstić information content (AvgIpc) is 3.30. The van der Waals surface area contributed by atoms with Gasteiger partial charge in [-0.05, 0) is 54.9 Å². The van der Waals surface area contributed by atoms with Crippen molar-refractivity contribution < 1.29 is 9.00 Å². The monoisotopic (exact) mass is 532 g/mol. The first-order valence-electron chi connectivity index (χ1n) is 15.2. The minimum atomic E-state index is -2.46. The highest BCUT2D eigenvalue weighted by Gasteiger charge is 2.51. The van der Waals surface area contributed by atoms with Crippen LogP contribution < -0.4 is 21.0 Å². The fourth-order valence-electron chi connectivity index (χ4n) is 7.50. The Hall–Kier alpha value is -2.11. The molecule has 2 N–H and O–H groups in total. The summed E-state index contributed by atoms with van der Waals surface area (Å²) in [5, 5.41) is 10.4. The van der Waals surface area contributed by atoms with Crippen LogP contribution in [0.25, 0.3) is 0 Å². The van der Waals surface area contributed by atoms with Gasteiger partial charge in [0.15, 0.2) is 0 Å². The van der Waals surface area contributed by atoms with Crippen LogP contribution in [0.4, 0.5) is 0 Å². The molecule has 3 aliphatic heterocycles. The van der Waals surface area contributed by atoms with Crippen molar-refractivity contribution in [2.45, 2.75) is 128 Å². The predicted octanol–water partition coefficient (Wildman–Crippen LogP) is 5.55. The van der Waals surface area contributed by atoms with Crippen LogP contribution in [0.15, 0.2) is 60.7 Å². The number of hydrogen-bond acceptors (Lipinski definition) is 3. The highest BCUT2D eigenvalue weighted by atomic mass is 28.4. The summed E-state index contributed by atoms with van der Waals surface area (Å²) in [6.45, 7) is 11.8. The molecule has 1 unspecified atom stereocenters. The van der Waals surface area contributed by atoms with Gasteiger partial charge in [0, 0.05) is 18.9 Å². The fourth-order valence-corrected chi connectivity index (χ4v) is 12.2. The fraction of sp³-hybridized carbons (Fsp3) is 0.606. The molecule has 38 heavy (non-hydrogen) atoms. The van der Waals surface area contributed by atoms with Gasteiger partial charge in [-0.25, -0.2) is 0 Å². The van der Waals surface area contributed by atoms with E-state index in [1.54, 1.807) is 0 Å². The van der Waals surface area contributed by atoms with E-state index in [-0.39, 0.29) is 11.1 Å². The van der Waals surface area contributed by atoms with E-state index in [0.717, 1.165) is 18.5 Å². The van der Waals surface area contributed by atoms with Gasteiger partial charge in [0.05, 0.1) is 24.2 Å². The molecule has 5 atom stereocenters. The summed E-state index contributed by atoms with van der Waals surface area (Å²) in [6.07, 6.45) is 11.8. The smallest absolute Gasteiger partial charge is 0.346 e. The Labute approximate surface area is 232 Å². The normalized spacial score (nSPS) is 25.9. The van der Waals surface area contributed by atoms with E-state index in [1.165, 1.54) is 67.7 Å². The number of rotatable bonds is 10. The molecule has 0 bridgehead atoms. The minimum absolute atomic E-state index is 0.0338. The van der Waals surface area contributed by atoms with Crippen LogP contribution in [-0.2, 0) is 4.43 Å². The summed E-state index contributed by atoms with van der Waals surface area (Å²) < 4.78 is 9.96. The Balaban J connectivity index is 1.17. The highest BCUT2D eigenvalue weighted by molar-refractivity contribution is 6.99. The molecular weight excluding hydrogens is 482 g/mol. The molecule has 4 nitrogen and oxygen atoms in total. The number of nitrogens with one attached hydrogen (secondary N) is 2. The third kappa shape index (κ3) is 5.60. The van der Waals surface area contributed by atoms with Crippen LogP contribution in [0.2, 0.25) is 5.04 Å². The second kappa shape index (κ2) is 11.6. The van der Waals surface area contributed by atoms with Crippen LogP contribution in [0.5, 0.6) is 0 Å². The Morgan fingerprint density at radius 2 is 1.47 bits per heavy atom. The Kier molecular flexibility index (Phi) is 8.35. The van der Waals surface area contributed by atoms with Gasteiger partial charge >= 0.3 is 5.96 Å². The first-order valence-corrected chi connectivity index (χ1v) is 17.2. The van der Waals surface area contributed by atoms with Gasteiger partial charge in [-0.1, -0.05) is 101 Å². The summed E-state index contributed by atoms with van der Waals surface area (Å²) in [4.78, 5) is 0. The Morgan fingerprint density at radius 1 is 0.868 bits per heavy atom. The van der Waals surface area contributed by atoms with Crippen molar-refractivity contribution in [3.63, 3.8) is 0 Å². The number of benzene rings is 2. The van der Waals surface area contributed by atoms with Crippen molar-refractivity contribution in [2.75, 3.05) is 0 Å². The van der Waals surface area contributed by atoms with Gasteiger partial charge in [-0.3, -0.25) is 15.2 Å². The lowest BCUT2D eigenvalue weighted by Gasteiger charge is -2.44. The molecule has 0 amide bonds. The van der Waals surface area contributed by atoms with Gasteiger partial charge in [-0.2, -0.15) is 0 Å². The van der Waals surface area contributed by atoms with Crippen molar-refractivity contribution in [1.82, 2.24) is 10.6 Å². The van der Waals surface area contributed by atoms with Crippen molar-refractivity contribution in [3.8, 4) is 0 Å². The van der Waals surface area contributed by atoms with E-state index in [0.29, 0.717) is 12.1 Å². The number of guanidine groups is 1. The molecule has 2 aromatic rings. The topological polar surface area (TPSA) is 36.3 Å². The predicted molar refractivity (Wildman–Crippen MR) is 162 cm³/mol. The number of unbranched alkanes of at least 4 members (excludes halogenated alkanes) is 2.